The van der Waals surface area contributed by atoms with Crippen LogP contribution < -0.4 is 10.1 Å². The fourth-order valence-corrected chi connectivity index (χ4v) is 1.72. The lowest BCUT2D eigenvalue weighted by Crippen LogP contribution is -2.03. The molecule has 0 atom stereocenters. The summed E-state index contributed by atoms with van der Waals surface area (Å²) < 4.78 is 18.6. The standard InChI is InChI=1S/C15H17FN2O/c1-3-19-15-8-13(16)6-7-14(15)18-10-12-5-4-11(2)17-9-12/h4-9,18H,3,10H2,1-2H3. The smallest absolute Gasteiger partial charge is 0.145 e. The van der Waals surface area contributed by atoms with E-state index in [4.69, 9.17) is 4.74 Å². The zero-order valence-electron chi connectivity index (χ0n) is 11.1. The van der Waals surface area contributed by atoms with Crippen molar-refractivity contribution in [2.24, 2.45) is 0 Å². The summed E-state index contributed by atoms with van der Waals surface area (Å²) in [6.45, 7) is 4.95. The van der Waals surface area contributed by atoms with Crippen LogP contribution in [0.3, 0.4) is 0 Å². The monoisotopic (exact) mass is 260 g/mol. The van der Waals surface area contributed by atoms with Crippen molar-refractivity contribution >= 4 is 5.69 Å². The van der Waals surface area contributed by atoms with Gasteiger partial charge in [-0.15, -0.1) is 0 Å². The van der Waals surface area contributed by atoms with E-state index < -0.39 is 0 Å². The number of benzene rings is 1. The molecule has 1 aromatic heterocycles. The number of rotatable bonds is 5. The summed E-state index contributed by atoms with van der Waals surface area (Å²) in [5, 5.41) is 3.23. The Bertz CT molecular complexity index is 540. The number of pyridine rings is 1. The Morgan fingerprint density at radius 3 is 2.79 bits per heavy atom. The summed E-state index contributed by atoms with van der Waals surface area (Å²) in [6, 6.07) is 8.46. The molecular formula is C15H17FN2O. The van der Waals surface area contributed by atoms with Gasteiger partial charge >= 0.3 is 0 Å². The molecule has 0 saturated carbocycles. The molecule has 1 aromatic carbocycles. The average molecular weight is 260 g/mol. The molecule has 0 unspecified atom stereocenters. The van der Waals surface area contributed by atoms with Gasteiger partial charge in [0.1, 0.15) is 11.6 Å². The molecule has 3 nitrogen and oxygen atoms in total. The summed E-state index contributed by atoms with van der Waals surface area (Å²) in [5.41, 5.74) is 2.83. The Kier molecular flexibility index (Phi) is 4.34. The predicted octanol–water partition coefficient (Wildman–Crippen LogP) is 3.54. The Balaban J connectivity index is 2.08. The number of hydrogen-bond acceptors (Lipinski definition) is 3. The number of nitrogens with zero attached hydrogens (tertiary/aromatic N) is 1. The van der Waals surface area contributed by atoms with E-state index in [1.807, 2.05) is 32.2 Å². The van der Waals surface area contributed by atoms with Crippen LogP contribution in [0.15, 0.2) is 36.5 Å². The van der Waals surface area contributed by atoms with Crippen molar-refractivity contribution in [1.29, 1.82) is 0 Å². The average Bonchev–Trinajstić information content (AvgIpc) is 2.40. The lowest BCUT2D eigenvalue weighted by molar-refractivity contribution is 0.340. The molecular weight excluding hydrogens is 243 g/mol. The first-order valence-corrected chi connectivity index (χ1v) is 6.27. The number of halogens is 1. The van der Waals surface area contributed by atoms with Gasteiger partial charge in [-0.05, 0) is 37.6 Å². The summed E-state index contributed by atoms with van der Waals surface area (Å²) in [7, 11) is 0. The first-order chi connectivity index (χ1) is 9.19. The van der Waals surface area contributed by atoms with E-state index in [1.165, 1.54) is 12.1 Å². The highest BCUT2D eigenvalue weighted by Gasteiger charge is 2.05. The third-order valence-corrected chi connectivity index (χ3v) is 2.70. The topological polar surface area (TPSA) is 34.1 Å². The third kappa shape index (κ3) is 3.68. The molecule has 2 aromatic rings. The van der Waals surface area contributed by atoms with Crippen LogP contribution in [0.5, 0.6) is 5.75 Å². The van der Waals surface area contributed by atoms with Crippen molar-refractivity contribution in [3.8, 4) is 5.75 Å². The maximum atomic E-state index is 13.2. The Labute approximate surface area is 112 Å². The van der Waals surface area contributed by atoms with Crippen molar-refractivity contribution in [2.75, 3.05) is 11.9 Å². The highest BCUT2D eigenvalue weighted by Crippen LogP contribution is 2.25. The van der Waals surface area contributed by atoms with E-state index in [0.29, 0.717) is 18.9 Å². The molecule has 0 aliphatic carbocycles. The summed E-state index contributed by atoms with van der Waals surface area (Å²) in [4.78, 5) is 4.23. The molecule has 1 N–H and O–H groups in total. The predicted molar refractivity (Wildman–Crippen MR) is 73.9 cm³/mol. The third-order valence-electron chi connectivity index (χ3n) is 2.70. The highest BCUT2D eigenvalue weighted by molar-refractivity contribution is 5.56. The Hall–Kier alpha value is -2.10. The normalized spacial score (nSPS) is 10.3. The van der Waals surface area contributed by atoms with Crippen LogP contribution in [0, 0.1) is 12.7 Å². The molecule has 2 rings (SSSR count). The van der Waals surface area contributed by atoms with Crippen LogP contribution >= 0.6 is 0 Å². The summed E-state index contributed by atoms with van der Waals surface area (Å²) in [5.74, 6) is 0.230. The quantitative estimate of drug-likeness (QED) is 0.892. The molecule has 0 aliphatic heterocycles. The maximum absolute atomic E-state index is 13.2. The van der Waals surface area contributed by atoms with Crippen LogP contribution in [0.1, 0.15) is 18.2 Å². The van der Waals surface area contributed by atoms with Gasteiger partial charge in [0.2, 0.25) is 0 Å². The first kappa shape index (κ1) is 13.3. The van der Waals surface area contributed by atoms with Gasteiger partial charge in [-0.3, -0.25) is 4.98 Å². The van der Waals surface area contributed by atoms with Crippen LogP contribution in [-0.2, 0) is 6.54 Å². The van der Waals surface area contributed by atoms with Gasteiger partial charge in [0.05, 0.1) is 12.3 Å². The molecule has 0 radical (unpaired) electrons. The molecule has 0 fully saturated rings. The molecule has 1 heterocycles. The Morgan fingerprint density at radius 1 is 1.26 bits per heavy atom. The molecule has 0 amide bonds. The zero-order valence-corrected chi connectivity index (χ0v) is 11.1. The first-order valence-electron chi connectivity index (χ1n) is 6.27. The van der Waals surface area contributed by atoms with Gasteiger partial charge < -0.3 is 10.1 Å². The number of hydrogen-bond donors (Lipinski definition) is 1. The van der Waals surface area contributed by atoms with Crippen LogP contribution in [-0.4, -0.2) is 11.6 Å². The van der Waals surface area contributed by atoms with Crippen molar-refractivity contribution < 1.29 is 9.13 Å². The molecule has 19 heavy (non-hydrogen) atoms. The number of anilines is 1. The zero-order chi connectivity index (χ0) is 13.7. The van der Waals surface area contributed by atoms with Crippen molar-refractivity contribution in [2.45, 2.75) is 20.4 Å². The van der Waals surface area contributed by atoms with Crippen molar-refractivity contribution in [1.82, 2.24) is 4.98 Å². The van der Waals surface area contributed by atoms with Gasteiger partial charge in [-0.25, -0.2) is 4.39 Å². The summed E-state index contributed by atoms with van der Waals surface area (Å²) in [6.07, 6.45) is 1.83. The van der Waals surface area contributed by atoms with E-state index in [0.717, 1.165) is 16.9 Å². The highest BCUT2D eigenvalue weighted by atomic mass is 19.1. The second-order valence-corrected chi connectivity index (χ2v) is 4.23. The minimum Gasteiger partial charge on any atom is -0.492 e. The van der Waals surface area contributed by atoms with E-state index in [9.17, 15) is 4.39 Å². The molecule has 0 aliphatic rings. The van der Waals surface area contributed by atoms with E-state index >= 15 is 0 Å². The van der Waals surface area contributed by atoms with E-state index in [2.05, 4.69) is 10.3 Å². The van der Waals surface area contributed by atoms with E-state index in [-0.39, 0.29) is 5.82 Å². The van der Waals surface area contributed by atoms with Gasteiger partial charge in [0.15, 0.2) is 0 Å². The van der Waals surface area contributed by atoms with E-state index in [1.54, 1.807) is 6.07 Å². The van der Waals surface area contributed by atoms with Gasteiger partial charge in [0, 0.05) is 24.5 Å². The molecule has 0 bridgehead atoms. The second-order valence-electron chi connectivity index (χ2n) is 4.23. The minimum atomic E-state index is -0.300. The van der Waals surface area contributed by atoms with Crippen LogP contribution in [0.2, 0.25) is 0 Å². The van der Waals surface area contributed by atoms with Crippen LogP contribution in [0.25, 0.3) is 0 Å². The minimum absolute atomic E-state index is 0.300. The maximum Gasteiger partial charge on any atom is 0.145 e. The lowest BCUT2D eigenvalue weighted by Gasteiger charge is -2.12. The van der Waals surface area contributed by atoms with Gasteiger partial charge in [0.25, 0.3) is 0 Å². The number of aryl methyl sites for hydroxylation is 1. The Morgan fingerprint density at radius 2 is 2.11 bits per heavy atom. The molecule has 100 valence electrons. The van der Waals surface area contributed by atoms with Crippen LogP contribution in [0.4, 0.5) is 10.1 Å². The molecule has 4 heteroatoms. The van der Waals surface area contributed by atoms with Crippen molar-refractivity contribution in [3.63, 3.8) is 0 Å². The largest absolute Gasteiger partial charge is 0.492 e. The van der Waals surface area contributed by atoms with Crippen molar-refractivity contribution in [3.05, 3.63) is 53.6 Å². The molecule has 0 spiro atoms. The van der Waals surface area contributed by atoms with Gasteiger partial charge in [-0.1, -0.05) is 6.07 Å². The molecule has 0 saturated heterocycles. The number of aromatic nitrogens is 1. The summed E-state index contributed by atoms with van der Waals surface area (Å²) >= 11 is 0. The SMILES string of the molecule is CCOc1cc(F)ccc1NCc1ccc(C)nc1. The number of nitrogens with one attached hydrogen (secondary N) is 1. The number of ether oxygens (including phenoxy) is 1. The fourth-order valence-electron chi connectivity index (χ4n) is 1.72. The lowest BCUT2D eigenvalue weighted by atomic mass is 10.2. The fraction of sp³-hybridized carbons (Fsp3) is 0.267. The van der Waals surface area contributed by atoms with Gasteiger partial charge in [-0.2, -0.15) is 0 Å². The second kappa shape index (κ2) is 6.18.